The summed E-state index contributed by atoms with van der Waals surface area (Å²) in [7, 11) is 0. The van der Waals surface area contributed by atoms with E-state index >= 15 is 0 Å². The number of aliphatic hydroxyl groups excluding tert-OH is 1. The summed E-state index contributed by atoms with van der Waals surface area (Å²) in [6.45, 7) is 4.49. The van der Waals surface area contributed by atoms with Gasteiger partial charge in [-0.3, -0.25) is 4.98 Å². The first kappa shape index (κ1) is 23.3. The molecule has 5 unspecified atom stereocenters. The lowest BCUT2D eigenvalue weighted by atomic mass is 9.88. The minimum absolute atomic E-state index is 0.0390. The number of benzene rings is 1. The van der Waals surface area contributed by atoms with Gasteiger partial charge in [0.25, 0.3) is 0 Å². The molecule has 4 heterocycles. The Labute approximate surface area is 207 Å². The number of nitrogens with zero attached hydrogens (tertiary/aromatic N) is 2. The van der Waals surface area contributed by atoms with E-state index in [9.17, 15) is 5.11 Å². The van der Waals surface area contributed by atoms with E-state index < -0.39 is 11.7 Å². The molecule has 0 saturated carbocycles. The molecule has 2 saturated heterocycles. The molecule has 9 heteroatoms. The molecule has 5 atom stereocenters. The molecular weight excluding hydrogens is 477 g/mol. The quantitative estimate of drug-likeness (QED) is 0.517. The van der Waals surface area contributed by atoms with Crippen molar-refractivity contribution in [2.24, 2.45) is 0 Å². The minimum atomic E-state index is -0.694. The molecule has 178 valence electrons. The van der Waals surface area contributed by atoms with Crippen LogP contribution in [0, 0.1) is 0 Å². The van der Waals surface area contributed by atoms with Gasteiger partial charge in [-0.15, -0.1) is 0 Å². The van der Waals surface area contributed by atoms with E-state index in [1.54, 1.807) is 30.6 Å². The topological polar surface area (TPSA) is 99.7 Å². The summed E-state index contributed by atoms with van der Waals surface area (Å²) in [5.41, 5.74) is 8.68. The minimum Gasteiger partial charge on any atom is -0.482 e. The van der Waals surface area contributed by atoms with Crippen LogP contribution in [0.4, 0.5) is 5.82 Å². The highest BCUT2D eigenvalue weighted by Gasteiger charge is 2.57. The number of nitrogens with two attached hydrogens (primary N) is 1. The number of nitrogen functional groups attached to an aromatic ring is 1. The molecule has 1 aromatic carbocycles. The Morgan fingerprint density at radius 2 is 1.91 bits per heavy atom. The van der Waals surface area contributed by atoms with Crippen molar-refractivity contribution >= 4 is 29.0 Å². The fraction of sp³-hybridized carbons (Fsp3) is 0.360. The normalized spacial score (nSPS) is 26.9. The highest BCUT2D eigenvalue weighted by atomic mass is 35.5. The van der Waals surface area contributed by atoms with Crippen LogP contribution in [-0.2, 0) is 9.47 Å². The zero-order valence-corrected chi connectivity index (χ0v) is 20.3. The molecule has 2 fully saturated rings. The Morgan fingerprint density at radius 3 is 2.68 bits per heavy atom. The van der Waals surface area contributed by atoms with Crippen LogP contribution in [0.1, 0.15) is 37.1 Å². The predicted molar refractivity (Wildman–Crippen MR) is 130 cm³/mol. The first-order valence-electron chi connectivity index (χ1n) is 11.0. The number of hydrogen-bond donors (Lipinski definition) is 2. The molecule has 0 radical (unpaired) electrons. The molecule has 0 bridgehead atoms. The second-order valence-corrected chi connectivity index (χ2v) is 9.72. The second kappa shape index (κ2) is 8.98. The van der Waals surface area contributed by atoms with Crippen molar-refractivity contribution in [1.82, 2.24) is 9.97 Å². The molecule has 3 N–H and O–H groups in total. The zero-order valence-electron chi connectivity index (χ0n) is 18.7. The summed E-state index contributed by atoms with van der Waals surface area (Å²) in [5.74, 6) is 0.680. The fourth-order valence-corrected chi connectivity index (χ4v) is 5.04. The first-order valence-corrected chi connectivity index (χ1v) is 11.8. The molecule has 34 heavy (non-hydrogen) atoms. The standard InChI is InChI=1S/C25H25Cl2N3O4/c1-13(17-8-16(26)4-5-19(17)27)34-21-7-15(10-30-24(21)28)14-3-6-20(29-9-14)18-11-33-25(2)22(31)12-32-23(18)25/h3-10,13,18,22-23,31H,11-12H2,1-2H3,(H2,28,30). The van der Waals surface area contributed by atoms with Crippen LogP contribution in [-0.4, -0.2) is 46.1 Å². The van der Waals surface area contributed by atoms with Crippen molar-refractivity contribution in [3.63, 3.8) is 0 Å². The maximum absolute atomic E-state index is 10.2. The van der Waals surface area contributed by atoms with Crippen molar-refractivity contribution < 1.29 is 19.3 Å². The van der Waals surface area contributed by atoms with E-state index in [2.05, 4.69) is 9.97 Å². The lowest BCUT2D eigenvalue weighted by Crippen LogP contribution is -2.42. The van der Waals surface area contributed by atoms with Crippen LogP contribution in [0.15, 0.2) is 48.8 Å². The molecule has 2 aliphatic heterocycles. The largest absolute Gasteiger partial charge is 0.482 e. The van der Waals surface area contributed by atoms with Crippen LogP contribution in [0.2, 0.25) is 10.0 Å². The average Bonchev–Trinajstić information content (AvgIpc) is 3.32. The van der Waals surface area contributed by atoms with Gasteiger partial charge in [0.1, 0.15) is 17.8 Å². The molecule has 7 nitrogen and oxygen atoms in total. The van der Waals surface area contributed by atoms with Crippen LogP contribution in [0.25, 0.3) is 11.1 Å². The summed E-state index contributed by atoms with van der Waals surface area (Å²) in [6.07, 6.45) is 2.22. The van der Waals surface area contributed by atoms with Crippen molar-refractivity contribution in [3.05, 3.63) is 70.1 Å². The van der Waals surface area contributed by atoms with E-state index in [1.165, 1.54) is 0 Å². The fourth-order valence-electron chi connectivity index (χ4n) is 4.59. The monoisotopic (exact) mass is 501 g/mol. The van der Waals surface area contributed by atoms with E-state index in [0.29, 0.717) is 22.4 Å². The summed E-state index contributed by atoms with van der Waals surface area (Å²) < 4.78 is 17.8. The lowest BCUT2D eigenvalue weighted by Gasteiger charge is -2.25. The number of aliphatic hydroxyl groups is 1. The third-order valence-electron chi connectivity index (χ3n) is 6.68. The van der Waals surface area contributed by atoms with Gasteiger partial charge in [-0.1, -0.05) is 29.3 Å². The molecule has 2 aromatic heterocycles. The van der Waals surface area contributed by atoms with E-state index in [0.717, 1.165) is 22.4 Å². The Bertz CT molecular complexity index is 1210. The van der Waals surface area contributed by atoms with Crippen LogP contribution in [0.5, 0.6) is 5.75 Å². The SMILES string of the molecule is CC(Oc1cc(-c2ccc(C3COC4(C)C(O)COC34)nc2)cnc1N)c1cc(Cl)ccc1Cl. The Balaban J connectivity index is 1.36. The lowest BCUT2D eigenvalue weighted by molar-refractivity contribution is -0.0621. The second-order valence-electron chi connectivity index (χ2n) is 8.88. The third-order valence-corrected chi connectivity index (χ3v) is 7.26. The number of halogens is 2. The van der Waals surface area contributed by atoms with Crippen molar-refractivity contribution in [2.75, 3.05) is 18.9 Å². The number of fused-ring (bicyclic) bond motifs is 1. The van der Waals surface area contributed by atoms with Gasteiger partial charge in [-0.05, 0) is 44.2 Å². The van der Waals surface area contributed by atoms with Gasteiger partial charge in [-0.25, -0.2) is 4.98 Å². The summed E-state index contributed by atoms with van der Waals surface area (Å²) in [5, 5.41) is 11.4. The summed E-state index contributed by atoms with van der Waals surface area (Å²) in [4.78, 5) is 8.96. The van der Waals surface area contributed by atoms with Gasteiger partial charge in [0.2, 0.25) is 0 Å². The van der Waals surface area contributed by atoms with Gasteiger partial charge in [-0.2, -0.15) is 0 Å². The zero-order chi connectivity index (χ0) is 24.0. The van der Waals surface area contributed by atoms with Crippen LogP contribution in [0.3, 0.4) is 0 Å². The number of aromatic nitrogens is 2. The van der Waals surface area contributed by atoms with Crippen molar-refractivity contribution in [2.45, 2.75) is 43.7 Å². The number of hydrogen-bond acceptors (Lipinski definition) is 7. The van der Waals surface area contributed by atoms with Gasteiger partial charge >= 0.3 is 0 Å². The Morgan fingerprint density at radius 1 is 1.12 bits per heavy atom. The molecule has 2 aliphatic rings. The van der Waals surface area contributed by atoms with Crippen molar-refractivity contribution in [3.8, 4) is 16.9 Å². The summed E-state index contributed by atoms with van der Waals surface area (Å²) >= 11 is 12.4. The van der Waals surface area contributed by atoms with E-state index in [-0.39, 0.29) is 30.6 Å². The molecular formula is C25H25Cl2N3O4. The van der Waals surface area contributed by atoms with E-state index in [1.807, 2.05) is 32.0 Å². The molecule has 0 spiro atoms. The van der Waals surface area contributed by atoms with Gasteiger partial charge in [0.05, 0.1) is 25.2 Å². The van der Waals surface area contributed by atoms with E-state index in [4.69, 9.17) is 43.1 Å². The smallest absolute Gasteiger partial charge is 0.166 e. The predicted octanol–water partition coefficient (Wildman–Crippen LogP) is 4.80. The number of rotatable bonds is 5. The van der Waals surface area contributed by atoms with Crippen molar-refractivity contribution in [1.29, 1.82) is 0 Å². The van der Waals surface area contributed by atoms with Gasteiger partial charge < -0.3 is 25.1 Å². The number of ether oxygens (including phenoxy) is 3. The Hall–Kier alpha value is -2.42. The maximum Gasteiger partial charge on any atom is 0.166 e. The Kier molecular flexibility index (Phi) is 6.16. The molecule has 0 amide bonds. The van der Waals surface area contributed by atoms with Gasteiger partial charge in [0.15, 0.2) is 11.6 Å². The maximum atomic E-state index is 10.2. The molecule has 0 aliphatic carbocycles. The van der Waals surface area contributed by atoms with Crippen LogP contribution >= 0.6 is 23.2 Å². The summed E-state index contributed by atoms with van der Waals surface area (Å²) in [6, 6.07) is 11.0. The highest BCUT2D eigenvalue weighted by Crippen LogP contribution is 2.44. The first-order chi connectivity index (χ1) is 16.3. The van der Waals surface area contributed by atoms with Crippen LogP contribution < -0.4 is 10.5 Å². The average molecular weight is 502 g/mol. The molecule has 3 aromatic rings. The number of pyridine rings is 2. The number of anilines is 1. The molecule has 5 rings (SSSR count). The highest BCUT2D eigenvalue weighted by molar-refractivity contribution is 6.33. The van der Waals surface area contributed by atoms with Gasteiger partial charge in [0, 0.05) is 44.8 Å². The third kappa shape index (κ3) is 4.12.